The molecule has 1 N–H and O–H groups in total. The number of benzene rings is 2. The van der Waals surface area contributed by atoms with Gasteiger partial charge in [0.25, 0.3) is 0 Å². The van der Waals surface area contributed by atoms with Crippen molar-refractivity contribution in [1.29, 1.82) is 0 Å². The van der Waals surface area contributed by atoms with Crippen LogP contribution >= 0.6 is 27.5 Å². The maximum absolute atomic E-state index is 12.6. The van der Waals surface area contributed by atoms with E-state index in [9.17, 15) is 8.42 Å². The van der Waals surface area contributed by atoms with Gasteiger partial charge in [-0.2, -0.15) is 0 Å². The monoisotopic (exact) mass is 410 g/mol. The highest BCUT2D eigenvalue weighted by atomic mass is 79.9. The van der Waals surface area contributed by atoms with Crippen molar-refractivity contribution in [1.82, 2.24) is 9.71 Å². The summed E-state index contributed by atoms with van der Waals surface area (Å²) in [6, 6.07) is 13.8. The van der Waals surface area contributed by atoms with Gasteiger partial charge in [-0.05, 0) is 24.3 Å². The van der Waals surface area contributed by atoms with Gasteiger partial charge in [0.1, 0.15) is 0 Å². The molecule has 0 aliphatic rings. The third kappa shape index (κ3) is 3.55. The Balaban J connectivity index is 1.96. The van der Waals surface area contributed by atoms with Crippen LogP contribution in [0.25, 0.3) is 10.8 Å². The summed E-state index contributed by atoms with van der Waals surface area (Å²) >= 11 is 9.48. The summed E-state index contributed by atoms with van der Waals surface area (Å²) in [6.45, 7) is 0.110. The second kappa shape index (κ2) is 6.57. The van der Waals surface area contributed by atoms with E-state index in [4.69, 9.17) is 11.6 Å². The largest absolute Gasteiger partial charge is 0.260 e. The van der Waals surface area contributed by atoms with Gasteiger partial charge in [-0.3, -0.25) is 4.98 Å². The zero-order chi connectivity index (χ0) is 16.4. The number of sulfonamides is 1. The molecule has 4 nitrogen and oxygen atoms in total. The van der Waals surface area contributed by atoms with Crippen LogP contribution in [0.4, 0.5) is 0 Å². The Kier molecular flexibility index (Phi) is 4.68. The van der Waals surface area contributed by atoms with Crippen molar-refractivity contribution < 1.29 is 8.42 Å². The van der Waals surface area contributed by atoms with E-state index in [1.54, 1.807) is 42.6 Å². The SMILES string of the molecule is O=S(=O)(NCc1cc(Br)ccn1)c1ccc(Cl)c2ccccc12. The topological polar surface area (TPSA) is 59.1 Å². The fraction of sp³-hybridized carbons (Fsp3) is 0.0625. The molecule has 3 rings (SSSR count). The van der Waals surface area contributed by atoms with Crippen LogP contribution in [-0.2, 0) is 16.6 Å². The molecular formula is C16H12BrClN2O2S. The van der Waals surface area contributed by atoms with E-state index in [-0.39, 0.29) is 11.4 Å². The molecule has 1 aromatic heterocycles. The molecule has 0 atom stereocenters. The Morgan fingerprint density at radius 3 is 2.57 bits per heavy atom. The summed E-state index contributed by atoms with van der Waals surface area (Å²) in [7, 11) is -3.68. The van der Waals surface area contributed by atoms with Crippen molar-refractivity contribution in [2.45, 2.75) is 11.4 Å². The van der Waals surface area contributed by atoms with Crippen molar-refractivity contribution in [3.63, 3.8) is 0 Å². The number of pyridine rings is 1. The molecule has 0 unspecified atom stereocenters. The maximum atomic E-state index is 12.6. The van der Waals surface area contributed by atoms with Gasteiger partial charge in [-0.25, -0.2) is 13.1 Å². The second-order valence-electron chi connectivity index (χ2n) is 4.88. The quantitative estimate of drug-likeness (QED) is 0.702. The van der Waals surface area contributed by atoms with E-state index in [1.165, 1.54) is 6.07 Å². The summed E-state index contributed by atoms with van der Waals surface area (Å²) < 4.78 is 28.7. The lowest BCUT2D eigenvalue weighted by Gasteiger charge is -2.10. The fourth-order valence-electron chi connectivity index (χ4n) is 2.26. The van der Waals surface area contributed by atoms with Gasteiger partial charge in [0.05, 0.1) is 17.1 Å². The molecule has 0 aliphatic heterocycles. The number of rotatable bonds is 4. The standard InChI is InChI=1S/C16H12BrClN2O2S/c17-11-7-8-19-12(9-11)10-20-23(21,22)16-6-5-15(18)13-3-1-2-4-14(13)16/h1-9,20H,10H2. The van der Waals surface area contributed by atoms with Gasteiger partial charge >= 0.3 is 0 Å². The number of nitrogens with zero attached hydrogens (tertiary/aromatic N) is 1. The predicted octanol–water partition coefficient (Wildman–Crippen LogP) is 4.13. The molecule has 0 radical (unpaired) electrons. The van der Waals surface area contributed by atoms with Crippen LogP contribution in [0.1, 0.15) is 5.69 Å². The molecule has 0 fully saturated rings. The molecule has 0 aliphatic carbocycles. The summed E-state index contributed by atoms with van der Waals surface area (Å²) in [5.41, 5.74) is 0.626. The number of fused-ring (bicyclic) bond motifs is 1. The number of halogens is 2. The molecule has 0 bridgehead atoms. The minimum absolute atomic E-state index is 0.110. The van der Waals surface area contributed by atoms with Gasteiger partial charge in [0, 0.05) is 26.5 Å². The van der Waals surface area contributed by atoms with E-state index >= 15 is 0 Å². The van der Waals surface area contributed by atoms with E-state index < -0.39 is 10.0 Å². The first-order chi connectivity index (χ1) is 11.0. The Bertz CT molecular complexity index is 977. The van der Waals surface area contributed by atoms with Crippen LogP contribution in [0.3, 0.4) is 0 Å². The molecule has 7 heteroatoms. The minimum Gasteiger partial charge on any atom is -0.260 e. The summed E-state index contributed by atoms with van der Waals surface area (Å²) in [4.78, 5) is 4.34. The van der Waals surface area contributed by atoms with Crippen LogP contribution in [-0.4, -0.2) is 13.4 Å². The Morgan fingerprint density at radius 1 is 1.09 bits per heavy atom. The highest BCUT2D eigenvalue weighted by Crippen LogP contribution is 2.29. The fourth-order valence-corrected chi connectivity index (χ4v) is 4.08. The smallest absolute Gasteiger partial charge is 0.241 e. The van der Waals surface area contributed by atoms with Gasteiger partial charge in [-0.15, -0.1) is 0 Å². The van der Waals surface area contributed by atoms with Crippen LogP contribution in [0.5, 0.6) is 0 Å². The highest BCUT2D eigenvalue weighted by Gasteiger charge is 2.18. The number of nitrogens with one attached hydrogen (secondary N) is 1. The molecule has 0 amide bonds. The summed E-state index contributed by atoms with van der Waals surface area (Å²) in [6.07, 6.45) is 1.62. The van der Waals surface area contributed by atoms with Gasteiger partial charge < -0.3 is 0 Å². The molecule has 23 heavy (non-hydrogen) atoms. The van der Waals surface area contributed by atoms with Crippen molar-refractivity contribution in [2.75, 3.05) is 0 Å². The molecule has 118 valence electrons. The Morgan fingerprint density at radius 2 is 1.83 bits per heavy atom. The normalized spacial score (nSPS) is 11.7. The maximum Gasteiger partial charge on any atom is 0.241 e. The van der Waals surface area contributed by atoms with Gasteiger partial charge in [0.2, 0.25) is 10.0 Å². The average Bonchev–Trinajstić information content (AvgIpc) is 2.53. The van der Waals surface area contributed by atoms with Gasteiger partial charge in [0.15, 0.2) is 0 Å². The van der Waals surface area contributed by atoms with Crippen LogP contribution in [0.15, 0.2) is 64.1 Å². The first-order valence-electron chi connectivity index (χ1n) is 6.75. The Labute approximate surface area is 147 Å². The molecule has 2 aromatic carbocycles. The first kappa shape index (κ1) is 16.4. The number of hydrogen-bond acceptors (Lipinski definition) is 3. The van der Waals surface area contributed by atoms with Crippen LogP contribution < -0.4 is 4.72 Å². The molecule has 0 saturated carbocycles. The van der Waals surface area contributed by atoms with Crippen molar-refractivity contribution in [3.8, 4) is 0 Å². The molecule has 3 aromatic rings. The van der Waals surface area contributed by atoms with Crippen LogP contribution in [0.2, 0.25) is 5.02 Å². The number of aromatic nitrogens is 1. The van der Waals surface area contributed by atoms with Crippen molar-refractivity contribution >= 4 is 48.3 Å². The van der Waals surface area contributed by atoms with Crippen LogP contribution in [0, 0.1) is 0 Å². The van der Waals surface area contributed by atoms with E-state index in [0.29, 0.717) is 21.5 Å². The van der Waals surface area contributed by atoms with Crippen molar-refractivity contribution in [3.05, 3.63) is 69.9 Å². The Hall–Kier alpha value is -1.47. The molecule has 1 heterocycles. The molecule has 0 saturated heterocycles. The number of hydrogen-bond donors (Lipinski definition) is 1. The predicted molar refractivity (Wildman–Crippen MR) is 94.9 cm³/mol. The summed E-state index contributed by atoms with van der Waals surface area (Å²) in [5.74, 6) is 0. The zero-order valence-corrected chi connectivity index (χ0v) is 15.0. The highest BCUT2D eigenvalue weighted by molar-refractivity contribution is 9.10. The van der Waals surface area contributed by atoms with E-state index in [2.05, 4.69) is 25.6 Å². The molecule has 0 spiro atoms. The lowest BCUT2D eigenvalue weighted by molar-refractivity contribution is 0.581. The lowest BCUT2D eigenvalue weighted by atomic mass is 10.1. The molecular weight excluding hydrogens is 400 g/mol. The third-order valence-corrected chi connectivity index (χ3v) is 5.62. The first-order valence-corrected chi connectivity index (χ1v) is 9.40. The van der Waals surface area contributed by atoms with E-state index in [0.717, 1.165) is 4.47 Å². The van der Waals surface area contributed by atoms with E-state index in [1.807, 2.05) is 6.07 Å². The third-order valence-electron chi connectivity index (χ3n) is 3.34. The zero-order valence-electron chi connectivity index (χ0n) is 11.8. The minimum atomic E-state index is -3.68. The lowest BCUT2D eigenvalue weighted by Crippen LogP contribution is -2.24. The van der Waals surface area contributed by atoms with Gasteiger partial charge in [-0.1, -0.05) is 51.8 Å². The second-order valence-corrected chi connectivity index (χ2v) is 7.94. The van der Waals surface area contributed by atoms with Crippen molar-refractivity contribution in [2.24, 2.45) is 0 Å². The average molecular weight is 412 g/mol. The summed E-state index contributed by atoms with van der Waals surface area (Å²) in [5, 5.41) is 1.82.